The van der Waals surface area contributed by atoms with Gasteiger partial charge in [-0.1, -0.05) is 12.1 Å². The summed E-state index contributed by atoms with van der Waals surface area (Å²) in [5.41, 5.74) is 0.772. The van der Waals surface area contributed by atoms with Gasteiger partial charge in [0.25, 0.3) is 0 Å². The smallest absolute Gasteiger partial charge is 0.330 e. The van der Waals surface area contributed by atoms with Crippen LogP contribution in [0.15, 0.2) is 24.3 Å². The zero-order valence-electron chi connectivity index (χ0n) is 16.1. The number of nitrogens with zero attached hydrogens (tertiary/aromatic N) is 1. The number of carbonyl (C=O) groups excluding carboxylic acids is 1. The molecule has 0 aliphatic rings. The van der Waals surface area contributed by atoms with E-state index in [9.17, 15) is 30.8 Å². The van der Waals surface area contributed by atoms with Gasteiger partial charge in [0.1, 0.15) is 6.61 Å². The maximum atomic E-state index is 12.8. The summed E-state index contributed by atoms with van der Waals surface area (Å²) in [6, 6.07) is 5.56. The normalized spacial score (nSPS) is 12.4. The molecule has 7 nitrogen and oxygen atoms in total. The highest BCUT2D eigenvalue weighted by Gasteiger charge is 2.40. The molecule has 0 radical (unpaired) electrons. The van der Waals surface area contributed by atoms with E-state index in [1.165, 1.54) is 23.5 Å². The van der Waals surface area contributed by atoms with Crippen LogP contribution < -0.4 is 10.6 Å². The number of rotatable bonds is 12. The third kappa shape index (κ3) is 8.96. The summed E-state index contributed by atoms with van der Waals surface area (Å²) in [7, 11) is -1.81. The number of carbonyl (C=O) groups is 1. The molecule has 2 amide bonds. The molecule has 0 spiro atoms. The quantitative estimate of drug-likeness (QED) is 0.384. The molecule has 166 valence electrons. The van der Waals surface area contributed by atoms with Gasteiger partial charge in [0.15, 0.2) is 0 Å². The summed E-state index contributed by atoms with van der Waals surface area (Å²) in [5, 5.41) is 5.10. The number of sulfonamides is 1. The number of anilines is 1. The molecule has 1 aromatic rings. The van der Waals surface area contributed by atoms with Gasteiger partial charge < -0.3 is 15.4 Å². The molecule has 29 heavy (non-hydrogen) atoms. The molecule has 0 aromatic heterocycles. The van der Waals surface area contributed by atoms with E-state index in [4.69, 9.17) is 0 Å². The van der Waals surface area contributed by atoms with Crippen LogP contribution in [-0.4, -0.2) is 63.6 Å². The predicted molar refractivity (Wildman–Crippen MR) is 101 cm³/mol. The molecule has 1 rings (SSSR count). The van der Waals surface area contributed by atoms with Crippen LogP contribution in [0.5, 0.6) is 0 Å². The maximum absolute atomic E-state index is 12.8. The number of benzene rings is 1. The Kier molecular flexibility index (Phi) is 9.80. The number of hydrogen-bond acceptors (Lipinski definition) is 4. The van der Waals surface area contributed by atoms with Crippen molar-refractivity contribution >= 4 is 21.7 Å². The first kappa shape index (κ1) is 25.1. The molecule has 0 heterocycles. The third-order valence-electron chi connectivity index (χ3n) is 3.84. The summed E-state index contributed by atoms with van der Waals surface area (Å²) >= 11 is 0. The van der Waals surface area contributed by atoms with Crippen LogP contribution in [0.2, 0.25) is 0 Å². The summed E-state index contributed by atoms with van der Waals surface area (Å²) in [4.78, 5) is 11.9. The molecule has 0 saturated carbocycles. The number of ether oxygens (including phenoxy) is 1. The van der Waals surface area contributed by atoms with Crippen LogP contribution in [0.25, 0.3) is 0 Å². The Labute approximate surface area is 167 Å². The van der Waals surface area contributed by atoms with Gasteiger partial charge in [0, 0.05) is 25.8 Å². The van der Waals surface area contributed by atoms with Crippen molar-refractivity contribution in [3.05, 3.63) is 29.8 Å². The lowest BCUT2D eigenvalue weighted by molar-refractivity contribution is -0.168. The Morgan fingerprint density at radius 3 is 2.62 bits per heavy atom. The number of hydrogen-bond donors (Lipinski definition) is 2. The van der Waals surface area contributed by atoms with Crippen LogP contribution in [0, 0.1) is 0 Å². The van der Waals surface area contributed by atoms with E-state index >= 15 is 0 Å². The molecule has 0 fully saturated rings. The van der Waals surface area contributed by atoms with E-state index in [0.29, 0.717) is 17.7 Å². The lowest BCUT2D eigenvalue weighted by atomic mass is 10.2. The molecule has 0 saturated heterocycles. The van der Waals surface area contributed by atoms with Crippen LogP contribution in [0.4, 0.5) is 28.0 Å². The number of halogens is 4. The van der Waals surface area contributed by atoms with Crippen LogP contribution in [-0.2, 0) is 21.4 Å². The zero-order valence-corrected chi connectivity index (χ0v) is 16.9. The van der Waals surface area contributed by atoms with Crippen molar-refractivity contribution in [1.29, 1.82) is 0 Å². The van der Waals surface area contributed by atoms with Crippen molar-refractivity contribution in [3.63, 3.8) is 0 Å². The predicted octanol–water partition coefficient (Wildman–Crippen LogP) is 2.90. The van der Waals surface area contributed by atoms with Crippen LogP contribution in [0.1, 0.15) is 18.9 Å². The lowest BCUT2D eigenvalue weighted by Crippen LogP contribution is -2.34. The summed E-state index contributed by atoms with van der Waals surface area (Å²) in [6.45, 7) is 0.303. The Morgan fingerprint density at radius 2 is 2.00 bits per heavy atom. The number of urea groups is 1. The molecule has 0 atom stereocenters. The van der Waals surface area contributed by atoms with E-state index < -0.39 is 35.0 Å². The van der Waals surface area contributed by atoms with Crippen LogP contribution >= 0.6 is 0 Å². The molecule has 12 heteroatoms. The van der Waals surface area contributed by atoms with E-state index in [0.717, 1.165) is 0 Å². The molecule has 1 aromatic carbocycles. The largest absolute Gasteiger partial charge is 0.370 e. The summed E-state index contributed by atoms with van der Waals surface area (Å²) < 4.78 is 78.8. The molecule has 0 bridgehead atoms. The molecule has 0 aliphatic heterocycles. The number of nitrogens with one attached hydrogen (secondary N) is 2. The van der Waals surface area contributed by atoms with Crippen LogP contribution in [0.3, 0.4) is 0 Å². The van der Waals surface area contributed by atoms with Crippen molar-refractivity contribution in [3.8, 4) is 0 Å². The first-order valence-corrected chi connectivity index (χ1v) is 10.4. The third-order valence-corrected chi connectivity index (χ3v) is 5.70. The van der Waals surface area contributed by atoms with Crippen molar-refractivity contribution in [2.45, 2.75) is 32.3 Å². The fourth-order valence-electron chi connectivity index (χ4n) is 2.15. The Balaban J connectivity index is 2.40. The van der Waals surface area contributed by atoms with E-state index in [-0.39, 0.29) is 25.4 Å². The Bertz CT molecular complexity index is 763. The number of amides is 2. The van der Waals surface area contributed by atoms with Gasteiger partial charge in [-0.25, -0.2) is 26.3 Å². The zero-order chi connectivity index (χ0) is 22.1. The minimum absolute atomic E-state index is 0.00273. The molecule has 0 unspecified atom stereocenters. The average Bonchev–Trinajstić information content (AvgIpc) is 2.65. The Morgan fingerprint density at radius 1 is 1.31 bits per heavy atom. The SMILES string of the molecule is CCS(=O)(=O)N(C)CCCNC(=O)Nc1cccc(COCC(F)(F)C(F)F)c1. The monoisotopic (exact) mass is 443 g/mol. The second-order valence-electron chi connectivity index (χ2n) is 6.21. The summed E-state index contributed by atoms with van der Waals surface area (Å²) in [6.07, 6.45) is -3.39. The average molecular weight is 443 g/mol. The Hall–Kier alpha value is -1.92. The molecule has 0 aliphatic carbocycles. The topological polar surface area (TPSA) is 87.7 Å². The van der Waals surface area contributed by atoms with Gasteiger partial charge >= 0.3 is 18.4 Å². The highest BCUT2D eigenvalue weighted by molar-refractivity contribution is 7.89. The standard InChI is InChI=1S/C17H25F4N3O4S/c1-3-29(26,27)24(2)9-5-8-22-16(25)23-14-7-4-6-13(10-14)11-28-12-17(20,21)15(18)19/h4,6-7,10,15H,3,5,8-9,11-12H2,1-2H3,(H2,22,23,25). The second kappa shape index (κ2) is 11.3. The minimum atomic E-state index is -4.22. The van der Waals surface area contributed by atoms with Gasteiger partial charge in [-0.3, -0.25) is 0 Å². The van der Waals surface area contributed by atoms with Crippen molar-refractivity contribution in [2.24, 2.45) is 0 Å². The van der Waals surface area contributed by atoms with Gasteiger partial charge in [-0.2, -0.15) is 8.78 Å². The van der Waals surface area contributed by atoms with E-state index in [2.05, 4.69) is 15.4 Å². The fourth-order valence-corrected chi connectivity index (χ4v) is 2.99. The summed E-state index contributed by atoms with van der Waals surface area (Å²) in [5.74, 6) is -4.22. The molecule has 2 N–H and O–H groups in total. The van der Waals surface area contributed by atoms with Gasteiger partial charge in [-0.05, 0) is 31.0 Å². The van der Waals surface area contributed by atoms with Gasteiger partial charge in [0.2, 0.25) is 10.0 Å². The second-order valence-corrected chi connectivity index (χ2v) is 8.58. The van der Waals surface area contributed by atoms with Gasteiger partial charge in [-0.15, -0.1) is 0 Å². The molecular weight excluding hydrogens is 418 g/mol. The first-order chi connectivity index (χ1) is 13.5. The number of alkyl halides is 4. The van der Waals surface area contributed by atoms with Crippen molar-refractivity contribution in [2.75, 3.05) is 37.8 Å². The highest BCUT2D eigenvalue weighted by atomic mass is 32.2. The first-order valence-electron chi connectivity index (χ1n) is 8.79. The minimum Gasteiger partial charge on any atom is -0.370 e. The van der Waals surface area contributed by atoms with Crippen molar-refractivity contribution < 1.29 is 35.5 Å². The highest BCUT2D eigenvalue weighted by Crippen LogP contribution is 2.23. The van der Waals surface area contributed by atoms with Crippen molar-refractivity contribution in [1.82, 2.24) is 9.62 Å². The lowest BCUT2D eigenvalue weighted by Gasteiger charge is -2.16. The van der Waals surface area contributed by atoms with E-state index in [1.807, 2.05) is 0 Å². The molecular formula is C17H25F4N3O4S. The maximum Gasteiger partial charge on any atom is 0.330 e. The van der Waals surface area contributed by atoms with Gasteiger partial charge in [0.05, 0.1) is 12.4 Å². The fraction of sp³-hybridized carbons (Fsp3) is 0.588. The van der Waals surface area contributed by atoms with E-state index in [1.54, 1.807) is 19.1 Å².